The van der Waals surface area contributed by atoms with Gasteiger partial charge in [0.1, 0.15) is 0 Å². The highest BCUT2D eigenvalue weighted by atomic mass is 79.9. The molecule has 0 atom stereocenters. The van der Waals surface area contributed by atoms with Crippen molar-refractivity contribution >= 4 is 32.6 Å². The summed E-state index contributed by atoms with van der Waals surface area (Å²) in [6.07, 6.45) is 0. The maximum Gasteiger partial charge on any atom is 0.0283 e. The van der Waals surface area contributed by atoms with Crippen molar-refractivity contribution in [1.29, 1.82) is 0 Å². The van der Waals surface area contributed by atoms with E-state index >= 15 is 0 Å². The van der Waals surface area contributed by atoms with Gasteiger partial charge in [-0.25, -0.2) is 0 Å². The Bertz CT molecular complexity index is 1680. The van der Waals surface area contributed by atoms with Crippen molar-refractivity contribution in [3.8, 4) is 0 Å². The number of hydrogen-bond acceptors (Lipinski definition) is 0. The first-order valence-corrected chi connectivity index (χ1v) is 18.3. The summed E-state index contributed by atoms with van der Waals surface area (Å²) in [4.78, 5) is 0. The van der Waals surface area contributed by atoms with E-state index in [0.29, 0.717) is 0 Å². The van der Waals surface area contributed by atoms with Crippen LogP contribution in [0.1, 0.15) is 144 Å². The Balaban J connectivity index is 1.96. The van der Waals surface area contributed by atoms with Crippen molar-refractivity contribution in [1.82, 2.24) is 0 Å². The van der Waals surface area contributed by atoms with Gasteiger partial charge in [-0.15, -0.1) is 0 Å². The minimum absolute atomic E-state index is 0.00992. The van der Waals surface area contributed by atoms with Gasteiger partial charge in [0.25, 0.3) is 0 Å². The van der Waals surface area contributed by atoms with Gasteiger partial charge in [0.2, 0.25) is 0 Å². The predicted octanol–water partition coefficient (Wildman–Crippen LogP) is 14.0. The summed E-state index contributed by atoms with van der Waals surface area (Å²) < 4.78 is 0. The monoisotopic (exact) mass is 700 g/mol. The molecular formula is C47H57Br. The second-order valence-corrected chi connectivity index (χ2v) is 18.2. The summed E-state index contributed by atoms with van der Waals surface area (Å²) in [6.45, 7) is 41.5. The lowest BCUT2D eigenvalue weighted by Crippen LogP contribution is -2.17. The third kappa shape index (κ3) is 8.59. The minimum Gasteiger partial charge on any atom is -0.0906 e. The zero-order chi connectivity index (χ0) is 36.0. The fourth-order valence-corrected chi connectivity index (χ4v) is 6.15. The van der Waals surface area contributed by atoms with Gasteiger partial charge in [-0.05, 0) is 118 Å². The Hall–Kier alpha value is -3.42. The van der Waals surface area contributed by atoms with E-state index in [4.69, 9.17) is 13.2 Å². The molecule has 4 rings (SSSR count). The van der Waals surface area contributed by atoms with Crippen LogP contribution in [0.3, 0.4) is 0 Å². The molecule has 0 unspecified atom stereocenters. The first-order chi connectivity index (χ1) is 22.0. The lowest BCUT2D eigenvalue weighted by molar-refractivity contribution is 0.567. The standard InChI is InChI=1S/C47H57Br/c1-30(34-18-16-33(29-48)17-19-34)35-20-36(31(2)38-23-40(44(4,5)6)27-41(24-38)45(7,8)9)22-37(21-35)32(3)39-25-42(46(10,11)12)28-43(26-39)47(13,14)15/h16-28H,1-3,29H2,4-15H3. The molecule has 0 nitrogen and oxygen atoms in total. The van der Waals surface area contributed by atoms with Crippen molar-refractivity contribution < 1.29 is 0 Å². The van der Waals surface area contributed by atoms with Crippen LogP contribution in [-0.2, 0) is 27.0 Å². The minimum atomic E-state index is 0.00992. The van der Waals surface area contributed by atoms with Crippen molar-refractivity contribution in [3.05, 3.63) is 160 Å². The molecule has 0 N–H and O–H groups in total. The van der Waals surface area contributed by atoms with Gasteiger partial charge < -0.3 is 0 Å². The van der Waals surface area contributed by atoms with E-state index in [1.54, 1.807) is 0 Å². The van der Waals surface area contributed by atoms with Crippen LogP contribution in [0.5, 0.6) is 0 Å². The van der Waals surface area contributed by atoms with Crippen molar-refractivity contribution in [2.75, 3.05) is 0 Å². The van der Waals surface area contributed by atoms with Crippen LogP contribution in [0.25, 0.3) is 16.7 Å². The van der Waals surface area contributed by atoms with Gasteiger partial charge >= 0.3 is 0 Å². The van der Waals surface area contributed by atoms with Gasteiger partial charge in [-0.2, -0.15) is 0 Å². The average Bonchev–Trinajstić information content (AvgIpc) is 3.01. The van der Waals surface area contributed by atoms with E-state index < -0.39 is 0 Å². The molecular weight excluding hydrogens is 644 g/mol. The fourth-order valence-electron chi connectivity index (χ4n) is 5.78. The van der Waals surface area contributed by atoms with Crippen LogP contribution < -0.4 is 0 Å². The third-order valence-corrected chi connectivity index (χ3v) is 10.1. The summed E-state index contributed by atoms with van der Waals surface area (Å²) in [5, 5.41) is 0.827. The van der Waals surface area contributed by atoms with Crippen molar-refractivity contribution in [2.45, 2.75) is 110 Å². The lowest BCUT2D eigenvalue weighted by Gasteiger charge is -2.27. The first kappa shape index (κ1) is 37.4. The maximum atomic E-state index is 4.74. The maximum absolute atomic E-state index is 4.74. The highest BCUT2D eigenvalue weighted by Gasteiger charge is 2.24. The molecule has 0 bridgehead atoms. The van der Waals surface area contributed by atoms with Crippen molar-refractivity contribution in [3.63, 3.8) is 0 Å². The second kappa shape index (κ2) is 13.5. The average molecular weight is 702 g/mol. The molecule has 48 heavy (non-hydrogen) atoms. The van der Waals surface area contributed by atoms with Crippen LogP contribution in [0.2, 0.25) is 0 Å². The predicted molar refractivity (Wildman–Crippen MR) is 218 cm³/mol. The molecule has 252 valence electrons. The molecule has 0 saturated heterocycles. The molecule has 0 spiro atoms. The zero-order valence-corrected chi connectivity index (χ0v) is 33.3. The SMILES string of the molecule is C=C(c1ccc(CBr)cc1)c1cc(C(=C)c2cc(C(C)(C)C)cc(C(C)(C)C)c2)cc(C(=C)c2cc(C(C)(C)C)cc(C(C)(C)C)c2)c1. The molecule has 0 fully saturated rings. The Labute approximate surface area is 301 Å². The molecule has 0 heterocycles. The van der Waals surface area contributed by atoms with Crippen LogP contribution in [0.15, 0.2) is 98.6 Å². The van der Waals surface area contributed by atoms with Crippen LogP contribution in [-0.4, -0.2) is 0 Å². The molecule has 0 aromatic heterocycles. The highest BCUT2D eigenvalue weighted by Crippen LogP contribution is 2.38. The molecule has 0 saturated carbocycles. The van der Waals surface area contributed by atoms with Crippen LogP contribution in [0, 0.1) is 0 Å². The summed E-state index contributed by atoms with van der Waals surface area (Å²) in [5.41, 5.74) is 16.2. The van der Waals surface area contributed by atoms with Crippen LogP contribution in [0.4, 0.5) is 0 Å². The normalized spacial score (nSPS) is 12.6. The number of halogens is 1. The summed E-state index contributed by atoms with van der Waals surface area (Å²) >= 11 is 3.59. The Morgan fingerprint density at radius 3 is 0.896 bits per heavy atom. The molecule has 4 aromatic carbocycles. The summed E-state index contributed by atoms with van der Waals surface area (Å²) in [7, 11) is 0. The quantitative estimate of drug-likeness (QED) is 0.168. The van der Waals surface area contributed by atoms with Gasteiger partial charge in [0.15, 0.2) is 0 Å². The molecule has 1 heteroatoms. The topological polar surface area (TPSA) is 0 Å². The van der Waals surface area contributed by atoms with E-state index in [2.05, 4.69) is 184 Å². The van der Waals surface area contributed by atoms with Gasteiger partial charge in [0, 0.05) is 5.33 Å². The Morgan fingerprint density at radius 2 is 0.646 bits per heavy atom. The van der Waals surface area contributed by atoms with Crippen molar-refractivity contribution in [2.24, 2.45) is 0 Å². The first-order valence-electron chi connectivity index (χ1n) is 17.2. The Kier molecular flexibility index (Phi) is 10.5. The largest absolute Gasteiger partial charge is 0.0906 e. The summed E-state index contributed by atoms with van der Waals surface area (Å²) in [6, 6.07) is 29.5. The number of alkyl halides is 1. The summed E-state index contributed by atoms with van der Waals surface area (Å²) in [5.74, 6) is 0. The van der Waals surface area contributed by atoms with E-state index in [1.165, 1.54) is 27.8 Å². The number of rotatable bonds is 7. The van der Waals surface area contributed by atoms with E-state index in [0.717, 1.165) is 55.4 Å². The second-order valence-electron chi connectivity index (χ2n) is 17.7. The number of benzene rings is 4. The molecule has 0 amide bonds. The molecule has 0 aliphatic carbocycles. The van der Waals surface area contributed by atoms with E-state index in [9.17, 15) is 0 Å². The number of hydrogen-bond donors (Lipinski definition) is 0. The zero-order valence-electron chi connectivity index (χ0n) is 31.7. The van der Waals surface area contributed by atoms with E-state index in [-0.39, 0.29) is 21.7 Å². The smallest absolute Gasteiger partial charge is 0.0283 e. The lowest BCUT2D eigenvalue weighted by atomic mass is 9.77. The highest BCUT2D eigenvalue weighted by molar-refractivity contribution is 9.08. The third-order valence-electron chi connectivity index (χ3n) is 9.46. The van der Waals surface area contributed by atoms with Gasteiger partial charge in [-0.1, -0.05) is 179 Å². The Morgan fingerprint density at radius 1 is 0.396 bits per heavy atom. The molecule has 0 radical (unpaired) electrons. The molecule has 4 aromatic rings. The fraction of sp³-hybridized carbons (Fsp3) is 0.362. The van der Waals surface area contributed by atoms with Gasteiger partial charge in [0.05, 0.1) is 0 Å². The van der Waals surface area contributed by atoms with E-state index in [1.807, 2.05) is 0 Å². The molecule has 0 aliphatic heterocycles. The van der Waals surface area contributed by atoms with Gasteiger partial charge in [-0.3, -0.25) is 0 Å². The molecule has 0 aliphatic rings. The van der Waals surface area contributed by atoms with Crippen LogP contribution >= 0.6 is 15.9 Å².